The number of rotatable bonds is 6. The fourth-order valence-electron chi connectivity index (χ4n) is 0.998. The van der Waals surface area contributed by atoms with Gasteiger partial charge < -0.3 is 29.4 Å². The summed E-state index contributed by atoms with van der Waals surface area (Å²) in [6.45, 7) is 1.64. The Morgan fingerprint density at radius 3 is 2.00 bits per heavy atom. The molecule has 0 spiro atoms. The number of carboxylic acid groups (broad SMARTS) is 2. The van der Waals surface area contributed by atoms with Crippen LogP contribution in [0.1, 0.15) is 6.92 Å². The van der Waals surface area contributed by atoms with Gasteiger partial charge in [-0.2, -0.15) is 0 Å². The van der Waals surface area contributed by atoms with Crippen molar-refractivity contribution in [3.05, 3.63) is 23.4 Å². The van der Waals surface area contributed by atoms with Gasteiger partial charge in [-0.15, -0.1) is 0 Å². The van der Waals surface area contributed by atoms with E-state index in [2.05, 4.69) is 4.74 Å². The highest BCUT2D eigenvalue weighted by atomic mass is 16.5. The summed E-state index contributed by atoms with van der Waals surface area (Å²) in [6, 6.07) is 0. The zero-order valence-corrected chi connectivity index (χ0v) is 10.3. The van der Waals surface area contributed by atoms with Crippen LogP contribution >= 0.6 is 0 Å². The van der Waals surface area contributed by atoms with Crippen LogP contribution in [0.2, 0.25) is 0 Å². The van der Waals surface area contributed by atoms with Crippen molar-refractivity contribution in [2.75, 3.05) is 20.7 Å². The lowest BCUT2D eigenvalue weighted by atomic mass is 10.1. The molecule has 0 aromatic carbocycles. The molecule has 0 aliphatic rings. The van der Waals surface area contributed by atoms with E-state index in [4.69, 9.17) is 0 Å². The minimum atomic E-state index is -1.94. The van der Waals surface area contributed by atoms with Crippen LogP contribution in [0.25, 0.3) is 0 Å². The third kappa shape index (κ3) is 5.15. The molecule has 7 nitrogen and oxygen atoms in total. The Morgan fingerprint density at radius 2 is 1.67 bits per heavy atom. The fraction of sp³-hybridized carbons (Fsp3) is 0.364. The number of nitrogens with zero attached hydrogens (tertiary/aromatic N) is 1. The monoisotopic (exact) mass is 255 g/mol. The number of carbonyl (C=O) groups is 3. The third-order valence-corrected chi connectivity index (χ3v) is 1.65. The Balaban J connectivity index is 5.46. The number of hydrogen-bond donors (Lipinski definition) is 0. The average Bonchev–Trinajstić information content (AvgIpc) is 2.22. The van der Waals surface area contributed by atoms with Crippen LogP contribution in [0.3, 0.4) is 0 Å². The molecule has 100 valence electrons. The van der Waals surface area contributed by atoms with Gasteiger partial charge in [0.2, 0.25) is 0 Å². The average molecular weight is 255 g/mol. The van der Waals surface area contributed by atoms with Gasteiger partial charge in [-0.1, -0.05) is 0 Å². The van der Waals surface area contributed by atoms with Crippen molar-refractivity contribution in [2.45, 2.75) is 6.92 Å². The van der Waals surface area contributed by atoms with Crippen molar-refractivity contribution in [1.82, 2.24) is 4.90 Å². The van der Waals surface area contributed by atoms with Gasteiger partial charge in [0.1, 0.15) is 0 Å². The molecule has 0 saturated carbocycles. The molecule has 0 aromatic rings. The van der Waals surface area contributed by atoms with Gasteiger partial charge >= 0.3 is 5.97 Å². The van der Waals surface area contributed by atoms with E-state index in [1.165, 1.54) is 11.1 Å². The van der Waals surface area contributed by atoms with E-state index in [1.54, 1.807) is 21.0 Å². The summed E-state index contributed by atoms with van der Waals surface area (Å²) >= 11 is 0. The number of hydrogen-bond acceptors (Lipinski definition) is 7. The molecule has 0 saturated heterocycles. The molecule has 0 aromatic heterocycles. The van der Waals surface area contributed by atoms with Crippen LogP contribution in [0.4, 0.5) is 0 Å². The molecule has 0 heterocycles. The van der Waals surface area contributed by atoms with E-state index in [-0.39, 0.29) is 12.2 Å². The summed E-state index contributed by atoms with van der Waals surface area (Å²) in [7, 11) is 3.15. The molecule has 0 rings (SSSR count). The Kier molecular flexibility index (Phi) is 6.19. The number of carbonyl (C=O) groups excluding carboxylic acids is 3. The van der Waals surface area contributed by atoms with Crippen molar-refractivity contribution in [2.24, 2.45) is 0 Å². The van der Waals surface area contributed by atoms with Crippen molar-refractivity contribution < 1.29 is 29.3 Å². The second-order valence-electron chi connectivity index (χ2n) is 3.40. The smallest absolute Gasteiger partial charge is 0.339 e. The topological polar surface area (TPSA) is 110 Å². The van der Waals surface area contributed by atoms with E-state index < -0.39 is 23.5 Å². The Hall–Kier alpha value is -2.31. The van der Waals surface area contributed by atoms with E-state index in [0.717, 1.165) is 0 Å². The van der Waals surface area contributed by atoms with Crippen LogP contribution in [-0.4, -0.2) is 43.5 Å². The Bertz CT molecular complexity index is 392. The number of ether oxygens (including phenoxy) is 1. The van der Waals surface area contributed by atoms with E-state index in [9.17, 15) is 24.6 Å². The summed E-state index contributed by atoms with van der Waals surface area (Å²) < 4.78 is 4.66. The largest absolute Gasteiger partial charge is 0.545 e. The van der Waals surface area contributed by atoms with Crippen molar-refractivity contribution in [1.29, 1.82) is 0 Å². The Morgan fingerprint density at radius 1 is 1.17 bits per heavy atom. The molecule has 0 amide bonds. The highest BCUT2D eigenvalue weighted by Gasteiger charge is 2.11. The lowest BCUT2D eigenvalue weighted by Gasteiger charge is -2.12. The first-order valence-corrected chi connectivity index (χ1v) is 4.99. The second-order valence-corrected chi connectivity index (χ2v) is 3.40. The highest BCUT2D eigenvalue weighted by molar-refractivity contribution is 6.12. The van der Waals surface area contributed by atoms with Crippen molar-refractivity contribution in [3.63, 3.8) is 0 Å². The van der Waals surface area contributed by atoms with Crippen LogP contribution in [0, 0.1) is 0 Å². The van der Waals surface area contributed by atoms with Gasteiger partial charge in [0.25, 0.3) is 0 Å². The molecule has 18 heavy (non-hydrogen) atoms. The number of carboxylic acids is 2. The zero-order valence-electron chi connectivity index (χ0n) is 10.3. The maximum absolute atomic E-state index is 11.5. The predicted molar refractivity (Wildman–Crippen MR) is 56.5 cm³/mol. The van der Waals surface area contributed by atoms with Crippen molar-refractivity contribution in [3.8, 4) is 0 Å². The van der Waals surface area contributed by atoms with Gasteiger partial charge in [-0.25, -0.2) is 4.79 Å². The molecule has 0 aliphatic heterocycles. The minimum Gasteiger partial charge on any atom is -0.545 e. The van der Waals surface area contributed by atoms with Gasteiger partial charge in [0, 0.05) is 25.9 Å². The second kappa shape index (κ2) is 7.10. The summed E-state index contributed by atoms with van der Waals surface area (Å²) in [4.78, 5) is 34.0. The van der Waals surface area contributed by atoms with Crippen LogP contribution in [0.5, 0.6) is 0 Å². The molecule has 0 N–H and O–H groups in total. The maximum Gasteiger partial charge on any atom is 0.339 e. The fourth-order valence-corrected chi connectivity index (χ4v) is 0.998. The van der Waals surface area contributed by atoms with E-state index in [1.807, 2.05) is 0 Å². The summed E-state index contributed by atoms with van der Waals surface area (Å²) in [6.07, 6.45) is 1.87. The molecule has 0 radical (unpaired) electrons. The third-order valence-electron chi connectivity index (χ3n) is 1.65. The molecule has 0 aliphatic carbocycles. The standard InChI is InChI=1S/C11H15NO6/c1-4-18-11(17)7(6-12(2)3)5-8(9(13)14)10(15)16/h5-6H,4H2,1-3H3,(H,13,14)(H,15,16)/p-2/b7-6+. The lowest BCUT2D eigenvalue weighted by Crippen LogP contribution is -2.36. The quantitative estimate of drug-likeness (QED) is 0.168. The molecule has 0 fully saturated rings. The van der Waals surface area contributed by atoms with E-state index >= 15 is 0 Å². The molecule has 7 heteroatoms. The van der Waals surface area contributed by atoms with E-state index in [0.29, 0.717) is 6.08 Å². The first-order chi connectivity index (χ1) is 8.29. The van der Waals surface area contributed by atoms with Gasteiger partial charge in [-0.3, -0.25) is 0 Å². The van der Waals surface area contributed by atoms with Gasteiger partial charge in [0.05, 0.1) is 24.1 Å². The summed E-state index contributed by atoms with van der Waals surface area (Å²) in [5.41, 5.74) is -1.36. The first-order valence-electron chi connectivity index (χ1n) is 4.99. The maximum atomic E-state index is 11.5. The highest BCUT2D eigenvalue weighted by Crippen LogP contribution is 2.06. The van der Waals surface area contributed by atoms with Gasteiger partial charge in [-0.05, 0) is 13.0 Å². The van der Waals surface area contributed by atoms with Crippen LogP contribution in [0.15, 0.2) is 23.4 Å². The van der Waals surface area contributed by atoms with Crippen molar-refractivity contribution >= 4 is 17.9 Å². The zero-order chi connectivity index (χ0) is 14.3. The first kappa shape index (κ1) is 15.7. The molecular formula is C11H13NO6-2. The molecule has 0 atom stereocenters. The molecule has 0 unspecified atom stereocenters. The lowest BCUT2D eigenvalue weighted by molar-refractivity contribution is -0.312. The number of esters is 1. The minimum absolute atomic E-state index is 0.0728. The normalized spacial score (nSPS) is 10.5. The SMILES string of the molecule is CCOC(=O)/C(C=C(C(=O)[O-])C(=O)[O-])=C/N(C)C. The van der Waals surface area contributed by atoms with Crippen LogP contribution < -0.4 is 10.2 Å². The summed E-state index contributed by atoms with van der Waals surface area (Å²) in [5, 5.41) is 21.1. The number of aliphatic carboxylic acids is 2. The van der Waals surface area contributed by atoms with Gasteiger partial charge in [0.15, 0.2) is 0 Å². The Labute approximate surface area is 104 Å². The molecule has 0 bridgehead atoms. The molecular weight excluding hydrogens is 242 g/mol. The summed E-state index contributed by atoms with van der Waals surface area (Å²) in [5.74, 6) is -4.72. The predicted octanol–water partition coefficient (Wildman–Crippen LogP) is -2.58. The van der Waals surface area contributed by atoms with Crippen LogP contribution in [-0.2, 0) is 19.1 Å².